The van der Waals surface area contributed by atoms with Gasteiger partial charge in [0.2, 0.25) is 5.91 Å². The number of nitrogens with zero attached hydrogens (tertiary/aromatic N) is 5. The first-order valence-electron chi connectivity index (χ1n) is 11.3. The molecule has 0 unspecified atom stereocenters. The first kappa shape index (κ1) is 22.6. The van der Waals surface area contributed by atoms with E-state index in [-0.39, 0.29) is 11.7 Å². The van der Waals surface area contributed by atoms with E-state index in [0.29, 0.717) is 18.1 Å². The zero-order valence-corrected chi connectivity index (χ0v) is 19.8. The van der Waals surface area contributed by atoms with Crippen LogP contribution in [0, 0.1) is 0 Å². The van der Waals surface area contributed by atoms with Crippen LogP contribution >= 0.6 is 11.8 Å². The third kappa shape index (κ3) is 5.50. The van der Waals surface area contributed by atoms with Gasteiger partial charge in [0, 0.05) is 24.0 Å². The second-order valence-electron chi connectivity index (χ2n) is 7.86. The predicted molar refractivity (Wildman–Crippen MR) is 138 cm³/mol. The van der Waals surface area contributed by atoms with Gasteiger partial charge in [-0.3, -0.25) is 9.36 Å². The maximum Gasteiger partial charge on any atom is 0.230 e. The fourth-order valence-electron chi connectivity index (χ4n) is 3.69. The molecule has 0 aliphatic rings. The standard InChI is InChI=1S/C27H24N6OS/c34-25(28-17-16-21-18-29-32(19-21)23-12-6-2-7-13-23)20-35-27-31-30-26(22-10-4-1-5-11-22)33(27)24-14-8-3-9-15-24/h1-15,18-19H,16-17,20H2,(H,28,34). The van der Waals surface area contributed by atoms with Gasteiger partial charge in [0.05, 0.1) is 17.6 Å². The lowest BCUT2D eigenvalue weighted by Gasteiger charge is -2.10. The average Bonchev–Trinajstić information content (AvgIpc) is 3.57. The molecule has 0 aliphatic carbocycles. The van der Waals surface area contributed by atoms with Gasteiger partial charge in [-0.05, 0) is 36.2 Å². The topological polar surface area (TPSA) is 77.6 Å². The minimum atomic E-state index is -0.0469. The van der Waals surface area contributed by atoms with E-state index >= 15 is 0 Å². The average molecular weight is 481 g/mol. The maximum atomic E-state index is 12.5. The van der Waals surface area contributed by atoms with Gasteiger partial charge in [-0.15, -0.1) is 10.2 Å². The van der Waals surface area contributed by atoms with Crippen LogP contribution in [0.4, 0.5) is 0 Å². The van der Waals surface area contributed by atoms with Crippen molar-refractivity contribution in [3.05, 3.63) is 109 Å². The molecule has 0 bridgehead atoms. The Morgan fingerprint density at radius 1 is 0.829 bits per heavy atom. The van der Waals surface area contributed by atoms with Crippen molar-refractivity contribution >= 4 is 17.7 Å². The smallest absolute Gasteiger partial charge is 0.230 e. The van der Waals surface area contributed by atoms with Crippen LogP contribution in [0.15, 0.2) is 109 Å². The number of benzene rings is 3. The molecule has 2 aromatic heterocycles. The summed E-state index contributed by atoms with van der Waals surface area (Å²) < 4.78 is 3.83. The molecule has 5 aromatic rings. The van der Waals surface area contributed by atoms with Gasteiger partial charge in [-0.2, -0.15) is 5.10 Å². The van der Waals surface area contributed by atoms with Crippen LogP contribution in [-0.2, 0) is 11.2 Å². The largest absolute Gasteiger partial charge is 0.355 e. The number of nitrogens with one attached hydrogen (secondary N) is 1. The molecule has 7 nitrogen and oxygen atoms in total. The predicted octanol–water partition coefficient (Wildman–Crippen LogP) is 4.57. The number of hydrogen-bond donors (Lipinski definition) is 1. The van der Waals surface area contributed by atoms with Crippen LogP contribution in [0.3, 0.4) is 0 Å². The Balaban J connectivity index is 1.20. The van der Waals surface area contributed by atoms with Gasteiger partial charge in [-0.1, -0.05) is 78.5 Å². The monoisotopic (exact) mass is 480 g/mol. The van der Waals surface area contributed by atoms with Crippen molar-refractivity contribution < 1.29 is 4.79 Å². The van der Waals surface area contributed by atoms with Gasteiger partial charge in [-0.25, -0.2) is 4.68 Å². The van der Waals surface area contributed by atoms with Crippen molar-refractivity contribution in [2.75, 3.05) is 12.3 Å². The number of rotatable bonds is 9. The summed E-state index contributed by atoms with van der Waals surface area (Å²) in [5.74, 6) is 0.952. The van der Waals surface area contributed by atoms with Gasteiger partial charge < -0.3 is 5.32 Å². The summed E-state index contributed by atoms with van der Waals surface area (Å²) in [6.45, 7) is 0.542. The fourth-order valence-corrected chi connectivity index (χ4v) is 4.47. The molecule has 5 rings (SSSR count). The summed E-state index contributed by atoms with van der Waals surface area (Å²) in [5, 5.41) is 16.9. The Hall–Kier alpha value is -4.17. The maximum absolute atomic E-state index is 12.5. The van der Waals surface area contributed by atoms with Crippen LogP contribution in [-0.4, -0.2) is 42.7 Å². The highest BCUT2D eigenvalue weighted by Gasteiger charge is 2.17. The molecule has 0 fully saturated rings. The van der Waals surface area contributed by atoms with Crippen molar-refractivity contribution in [2.45, 2.75) is 11.6 Å². The molecule has 0 saturated heterocycles. The van der Waals surface area contributed by atoms with Crippen LogP contribution in [0.1, 0.15) is 5.56 Å². The Labute approximate surface area is 207 Å². The van der Waals surface area contributed by atoms with Gasteiger partial charge in [0.25, 0.3) is 0 Å². The third-order valence-electron chi connectivity index (χ3n) is 5.40. The SMILES string of the molecule is O=C(CSc1nnc(-c2ccccc2)n1-c1ccccc1)NCCc1cnn(-c2ccccc2)c1. The number of hydrogen-bond acceptors (Lipinski definition) is 5. The molecular formula is C27H24N6OS. The van der Waals surface area contributed by atoms with Crippen molar-refractivity contribution in [3.63, 3.8) is 0 Å². The number of thioether (sulfide) groups is 1. The third-order valence-corrected chi connectivity index (χ3v) is 6.33. The lowest BCUT2D eigenvalue weighted by Crippen LogP contribution is -2.27. The van der Waals surface area contributed by atoms with Crippen LogP contribution in [0.2, 0.25) is 0 Å². The molecule has 1 amide bonds. The highest BCUT2D eigenvalue weighted by Crippen LogP contribution is 2.27. The summed E-state index contributed by atoms with van der Waals surface area (Å²) in [6, 6.07) is 29.8. The molecule has 174 valence electrons. The minimum Gasteiger partial charge on any atom is -0.355 e. The summed E-state index contributed by atoms with van der Waals surface area (Å²) >= 11 is 1.37. The van der Waals surface area contributed by atoms with E-state index in [1.54, 1.807) is 0 Å². The van der Waals surface area contributed by atoms with Crippen LogP contribution < -0.4 is 5.32 Å². The first-order valence-corrected chi connectivity index (χ1v) is 12.3. The highest BCUT2D eigenvalue weighted by atomic mass is 32.2. The lowest BCUT2D eigenvalue weighted by atomic mass is 10.2. The molecule has 1 N–H and O–H groups in total. The molecule has 2 heterocycles. The number of amides is 1. The number of para-hydroxylation sites is 2. The highest BCUT2D eigenvalue weighted by molar-refractivity contribution is 7.99. The Morgan fingerprint density at radius 2 is 1.49 bits per heavy atom. The van der Waals surface area contributed by atoms with E-state index in [4.69, 9.17) is 0 Å². The van der Waals surface area contributed by atoms with E-state index in [1.165, 1.54) is 11.8 Å². The summed E-state index contributed by atoms with van der Waals surface area (Å²) in [7, 11) is 0. The Morgan fingerprint density at radius 3 is 2.20 bits per heavy atom. The van der Waals surface area contributed by atoms with Crippen molar-refractivity contribution in [2.24, 2.45) is 0 Å². The van der Waals surface area contributed by atoms with E-state index in [0.717, 1.165) is 28.3 Å². The molecule has 0 spiro atoms. The van der Waals surface area contributed by atoms with E-state index < -0.39 is 0 Å². The second-order valence-corrected chi connectivity index (χ2v) is 8.80. The van der Waals surface area contributed by atoms with Gasteiger partial charge in [0.15, 0.2) is 11.0 Å². The molecule has 35 heavy (non-hydrogen) atoms. The quantitative estimate of drug-likeness (QED) is 0.313. The summed E-state index contributed by atoms with van der Waals surface area (Å²) in [4.78, 5) is 12.5. The molecule has 0 atom stereocenters. The number of carbonyl (C=O) groups is 1. The Kier molecular flexibility index (Phi) is 7.00. The molecule has 0 saturated carbocycles. The Bertz CT molecular complexity index is 1380. The van der Waals surface area contributed by atoms with Gasteiger partial charge >= 0.3 is 0 Å². The minimum absolute atomic E-state index is 0.0469. The second kappa shape index (κ2) is 10.8. The summed E-state index contributed by atoms with van der Waals surface area (Å²) in [5.41, 5.74) is 4.00. The van der Waals surface area contributed by atoms with E-state index in [9.17, 15) is 4.79 Å². The zero-order chi connectivity index (χ0) is 23.9. The molecule has 8 heteroatoms. The zero-order valence-electron chi connectivity index (χ0n) is 19.0. The van der Waals surface area contributed by atoms with E-state index in [1.807, 2.05) is 113 Å². The molecule has 0 aliphatic heterocycles. The molecule has 3 aromatic carbocycles. The molecular weight excluding hydrogens is 456 g/mol. The van der Waals surface area contributed by atoms with Crippen molar-refractivity contribution in [3.8, 4) is 22.8 Å². The van der Waals surface area contributed by atoms with Crippen LogP contribution in [0.5, 0.6) is 0 Å². The number of carbonyl (C=O) groups excluding carboxylic acids is 1. The van der Waals surface area contributed by atoms with Crippen LogP contribution in [0.25, 0.3) is 22.8 Å². The van der Waals surface area contributed by atoms with Crippen molar-refractivity contribution in [1.29, 1.82) is 0 Å². The lowest BCUT2D eigenvalue weighted by molar-refractivity contribution is -0.118. The fraction of sp³-hybridized carbons (Fsp3) is 0.111. The van der Waals surface area contributed by atoms with E-state index in [2.05, 4.69) is 20.6 Å². The first-order chi connectivity index (χ1) is 17.3. The molecule has 0 radical (unpaired) electrons. The van der Waals surface area contributed by atoms with Crippen molar-refractivity contribution in [1.82, 2.24) is 29.9 Å². The summed E-state index contributed by atoms with van der Waals surface area (Å²) in [6.07, 6.45) is 4.53. The number of aromatic nitrogens is 5. The normalized spacial score (nSPS) is 10.9. The van der Waals surface area contributed by atoms with Gasteiger partial charge in [0.1, 0.15) is 0 Å².